The van der Waals surface area contributed by atoms with Crippen LogP contribution >= 0.6 is 0 Å². The molecule has 0 aromatic heterocycles. The lowest BCUT2D eigenvalue weighted by Crippen LogP contribution is -2.45. The van der Waals surface area contributed by atoms with Gasteiger partial charge in [0, 0.05) is 35.7 Å². The van der Waals surface area contributed by atoms with Crippen LogP contribution in [0.4, 0.5) is 5.69 Å². The van der Waals surface area contributed by atoms with Crippen molar-refractivity contribution in [2.45, 2.75) is 43.9 Å². The van der Waals surface area contributed by atoms with E-state index in [2.05, 4.69) is 35.2 Å². The molecule has 4 rings (SSSR count). The van der Waals surface area contributed by atoms with Gasteiger partial charge in [-0.15, -0.1) is 0 Å². The molecule has 2 saturated heterocycles. The average Bonchev–Trinajstić information content (AvgIpc) is 2.83. The van der Waals surface area contributed by atoms with E-state index >= 15 is 0 Å². The van der Waals surface area contributed by atoms with Crippen molar-refractivity contribution < 1.29 is 4.74 Å². The van der Waals surface area contributed by atoms with Crippen molar-refractivity contribution in [3.8, 4) is 6.07 Å². The van der Waals surface area contributed by atoms with Crippen LogP contribution in [0.25, 0.3) is 10.8 Å². The summed E-state index contributed by atoms with van der Waals surface area (Å²) < 4.78 is 5.61. The zero-order chi connectivity index (χ0) is 15.1. The quantitative estimate of drug-likeness (QED) is 0.843. The van der Waals surface area contributed by atoms with Gasteiger partial charge in [-0.2, -0.15) is 5.26 Å². The average molecular weight is 292 g/mol. The van der Waals surface area contributed by atoms with Gasteiger partial charge in [-0.1, -0.05) is 24.3 Å². The summed E-state index contributed by atoms with van der Waals surface area (Å²) in [5, 5.41) is 11.6. The zero-order valence-electron chi connectivity index (χ0n) is 12.8. The van der Waals surface area contributed by atoms with Gasteiger partial charge in [0.15, 0.2) is 0 Å². The van der Waals surface area contributed by atoms with E-state index in [1.165, 1.54) is 23.9 Å². The van der Waals surface area contributed by atoms with E-state index in [1.807, 2.05) is 19.2 Å². The van der Waals surface area contributed by atoms with Crippen molar-refractivity contribution in [3.05, 3.63) is 42.0 Å². The largest absolute Gasteiger partial charge is 0.381 e. The monoisotopic (exact) mass is 292 g/mol. The number of ether oxygens (including phenoxy) is 1. The second kappa shape index (κ2) is 5.30. The van der Waals surface area contributed by atoms with E-state index in [1.54, 1.807) is 0 Å². The normalized spacial score (nSPS) is 27.1. The Hall–Kier alpha value is -2.05. The molecule has 3 nitrogen and oxygen atoms in total. The molecular weight excluding hydrogens is 272 g/mol. The van der Waals surface area contributed by atoms with E-state index in [0.29, 0.717) is 18.2 Å². The van der Waals surface area contributed by atoms with Crippen LogP contribution in [0.3, 0.4) is 0 Å². The van der Waals surface area contributed by atoms with Crippen LogP contribution in [0.2, 0.25) is 0 Å². The molecule has 22 heavy (non-hydrogen) atoms. The fourth-order valence-electron chi connectivity index (χ4n) is 4.32. The Morgan fingerprint density at radius 3 is 2.36 bits per heavy atom. The fraction of sp³-hybridized carbons (Fsp3) is 0.421. The summed E-state index contributed by atoms with van der Waals surface area (Å²) in [6.45, 7) is 0. The molecule has 2 aromatic carbocycles. The zero-order valence-corrected chi connectivity index (χ0v) is 12.8. The number of nitriles is 1. The third-order valence-corrected chi connectivity index (χ3v) is 5.32. The number of anilines is 1. The van der Waals surface area contributed by atoms with Crippen LogP contribution < -0.4 is 4.90 Å². The van der Waals surface area contributed by atoms with E-state index in [-0.39, 0.29) is 0 Å². The number of methoxy groups -OCH3 is 1. The highest BCUT2D eigenvalue weighted by molar-refractivity contribution is 5.98. The third kappa shape index (κ3) is 1.99. The summed E-state index contributed by atoms with van der Waals surface area (Å²) >= 11 is 0. The van der Waals surface area contributed by atoms with Gasteiger partial charge in [0.1, 0.15) is 0 Å². The SMILES string of the molecule is CO[C@@H]1C[C@H]2CC[C@@H](C1)N2c1ccc(C#N)c2ccccc12. The number of rotatable bonds is 2. The molecule has 2 bridgehead atoms. The topological polar surface area (TPSA) is 36.3 Å². The maximum absolute atomic E-state index is 9.34. The number of hydrogen-bond donors (Lipinski definition) is 0. The van der Waals surface area contributed by atoms with E-state index in [0.717, 1.165) is 23.8 Å². The minimum atomic E-state index is 0.401. The number of fused-ring (bicyclic) bond motifs is 3. The van der Waals surface area contributed by atoms with Crippen molar-refractivity contribution in [2.24, 2.45) is 0 Å². The molecule has 0 N–H and O–H groups in total. The molecule has 0 unspecified atom stereocenters. The molecular formula is C19H20N2O. The maximum atomic E-state index is 9.34. The smallest absolute Gasteiger partial charge is 0.0998 e. The Balaban J connectivity index is 1.81. The van der Waals surface area contributed by atoms with Gasteiger partial charge in [0.25, 0.3) is 0 Å². The molecule has 2 aliphatic rings. The fourth-order valence-corrected chi connectivity index (χ4v) is 4.32. The maximum Gasteiger partial charge on any atom is 0.0998 e. The summed E-state index contributed by atoms with van der Waals surface area (Å²) in [6.07, 6.45) is 5.12. The standard InChI is InChI=1S/C19H20N2O/c1-22-16-10-14-7-8-15(11-16)21(14)19-9-6-13(12-20)17-4-2-3-5-18(17)19/h2-6,9,14-16H,7-8,10-11H2,1H3/t14-,15+,16-. The summed E-state index contributed by atoms with van der Waals surface area (Å²) in [6, 6.07) is 15.8. The van der Waals surface area contributed by atoms with Crippen molar-refractivity contribution in [2.75, 3.05) is 12.0 Å². The van der Waals surface area contributed by atoms with Crippen LogP contribution in [0.1, 0.15) is 31.2 Å². The number of nitrogens with zero attached hydrogens (tertiary/aromatic N) is 2. The summed E-state index contributed by atoms with van der Waals surface area (Å²) in [5.74, 6) is 0. The van der Waals surface area contributed by atoms with E-state index < -0.39 is 0 Å². The summed E-state index contributed by atoms with van der Waals surface area (Å²) in [4.78, 5) is 2.60. The van der Waals surface area contributed by atoms with E-state index in [4.69, 9.17) is 4.74 Å². The van der Waals surface area contributed by atoms with Gasteiger partial charge in [-0.3, -0.25) is 0 Å². The predicted octanol–water partition coefficient (Wildman–Crippen LogP) is 3.86. The first kappa shape index (κ1) is 13.6. The first-order valence-electron chi connectivity index (χ1n) is 8.05. The molecule has 0 aliphatic carbocycles. The highest BCUT2D eigenvalue weighted by Gasteiger charge is 2.41. The van der Waals surface area contributed by atoms with Crippen molar-refractivity contribution >= 4 is 16.5 Å². The summed E-state index contributed by atoms with van der Waals surface area (Å²) in [7, 11) is 1.83. The molecule has 0 saturated carbocycles. The number of hydrogen-bond acceptors (Lipinski definition) is 3. The molecule has 2 fully saturated rings. The van der Waals surface area contributed by atoms with Gasteiger partial charge in [0.2, 0.25) is 0 Å². The highest BCUT2D eigenvalue weighted by Crippen LogP contribution is 2.42. The number of piperidine rings is 1. The molecule has 0 radical (unpaired) electrons. The second-order valence-corrected chi connectivity index (χ2v) is 6.41. The number of benzene rings is 2. The van der Waals surface area contributed by atoms with Gasteiger partial charge in [-0.05, 0) is 37.8 Å². The van der Waals surface area contributed by atoms with Gasteiger partial charge in [0.05, 0.1) is 17.7 Å². The molecule has 0 spiro atoms. The van der Waals surface area contributed by atoms with Crippen LogP contribution in [-0.2, 0) is 4.74 Å². The van der Waals surface area contributed by atoms with Gasteiger partial charge < -0.3 is 9.64 Å². The Morgan fingerprint density at radius 2 is 1.73 bits per heavy atom. The Bertz CT molecular complexity index is 735. The lowest BCUT2D eigenvalue weighted by atomic mass is 9.96. The molecule has 2 aromatic rings. The predicted molar refractivity (Wildman–Crippen MR) is 88.0 cm³/mol. The molecule has 2 aliphatic heterocycles. The third-order valence-electron chi connectivity index (χ3n) is 5.32. The van der Waals surface area contributed by atoms with Crippen LogP contribution in [0, 0.1) is 11.3 Å². The summed E-state index contributed by atoms with van der Waals surface area (Å²) in [5.41, 5.74) is 2.05. The first-order chi connectivity index (χ1) is 10.8. The molecule has 2 heterocycles. The van der Waals surface area contributed by atoms with Crippen molar-refractivity contribution in [1.29, 1.82) is 5.26 Å². The van der Waals surface area contributed by atoms with Crippen LogP contribution in [0.5, 0.6) is 0 Å². The highest BCUT2D eigenvalue weighted by atomic mass is 16.5. The van der Waals surface area contributed by atoms with E-state index in [9.17, 15) is 5.26 Å². The van der Waals surface area contributed by atoms with Gasteiger partial charge in [-0.25, -0.2) is 0 Å². The first-order valence-corrected chi connectivity index (χ1v) is 8.05. The van der Waals surface area contributed by atoms with Crippen LogP contribution in [0.15, 0.2) is 36.4 Å². The minimum Gasteiger partial charge on any atom is -0.381 e. The second-order valence-electron chi connectivity index (χ2n) is 6.41. The molecule has 3 atom stereocenters. The van der Waals surface area contributed by atoms with Crippen molar-refractivity contribution in [3.63, 3.8) is 0 Å². The molecule has 0 amide bonds. The lowest BCUT2D eigenvalue weighted by Gasteiger charge is -2.40. The van der Waals surface area contributed by atoms with Crippen LogP contribution in [-0.4, -0.2) is 25.3 Å². The van der Waals surface area contributed by atoms with Crippen molar-refractivity contribution in [1.82, 2.24) is 0 Å². The minimum absolute atomic E-state index is 0.401. The Morgan fingerprint density at radius 1 is 1.05 bits per heavy atom. The van der Waals surface area contributed by atoms with Gasteiger partial charge >= 0.3 is 0 Å². The Kier molecular flexibility index (Phi) is 3.28. The molecule has 3 heteroatoms. The Labute approximate surface area is 131 Å². The molecule has 112 valence electrons. The lowest BCUT2D eigenvalue weighted by molar-refractivity contribution is 0.0684.